The highest BCUT2D eigenvalue weighted by molar-refractivity contribution is 5.87. The van der Waals surface area contributed by atoms with Crippen molar-refractivity contribution in [2.24, 2.45) is 11.3 Å². The van der Waals surface area contributed by atoms with Crippen molar-refractivity contribution >= 4 is 16.3 Å². The van der Waals surface area contributed by atoms with Crippen molar-refractivity contribution < 1.29 is 19.3 Å². The largest absolute Gasteiger partial charge is 0.389 e. The second kappa shape index (κ2) is 7.25. The smallest absolute Gasteiger partial charge is 0.171 e. The Labute approximate surface area is 211 Å². The van der Waals surface area contributed by atoms with E-state index < -0.39 is 29.1 Å². The SMILES string of the molecule is CN(C)[C@H]1C[C@@]23CC[C@@]4(O2)C(=CC[C@]2(C)C(c5ccc6ccncc6c5)=CCC24)CC3(F)[C@@H](O)[C@@H]1O. The quantitative estimate of drug-likeness (QED) is 0.610. The maximum atomic E-state index is 16.9. The molecule has 2 saturated heterocycles. The Morgan fingerprint density at radius 2 is 1.94 bits per heavy atom. The fourth-order valence-corrected chi connectivity index (χ4v) is 8.68. The van der Waals surface area contributed by atoms with E-state index in [1.54, 1.807) is 0 Å². The molecule has 2 aromatic rings. The minimum atomic E-state index is -1.97. The molecule has 2 spiro atoms. The van der Waals surface area contributed by atoms with E-state index >= 15 is 4.39 Å². The number of hydrogen-bond donors (Lipinski definition) is 2. The molecule has 190 valence electrons. The maximum absolute atomic E-state index is 16.9. The van der Waals surface area contributed by atoms with Crippen LogP contribution in [0, 0.1) is 11.3 Å². The van der Waals surface area contributed by atoms with Gasteiger partial charge in [-0.2, -0.15) is 0 Å². The van der Waals surface area contributed by atoms with Crippen molar-refractivity contribution in [3.63, 3.8) is 0 Å². The van der Waals surface area contributed by atoms with Gasteiger partial charge in [0.15, 0.2) is 5.67 Å². The van der Waals surface area contributed by atoms with Crippen LogP contribution >= 0.6 is 0 Å². The first-order chi connectivity index (χ1) is 17.1. The number of rotatable bonds is 2. The van der Waals surface area contributed by atoms with Gasteiger partial charge in [0.2, 0.25) is 0 Å². The summed E-state index contributed by atoms with van der Waals surface area (Å²) in [7, 11) is 3.76. The van der Waals surface area contributed by atoms with Gasteiger partial charge in [-0.1, -0.05) is 31.2 Å². The zero-order chi connectivity index (χ0) is 25.1. The molecule has 0 amide bonds. The Kier molecular flexibility index (Phi) is 4.64. The summed E-state index contributed by atoms with van der Waals surface area (Å²) in [5.74, 6) is 0.218. The molecular weight excluding hydrogens is 455 g/mol. The second-order valence-corrected chi connectivity index (χ2v) is 12.4. The Bertz CT molecular complexity index is 1320. The average molecular weight is 491 g/mol. The lowest BCUT2D eigenvalue weighted by atomic mass is 9.56. The number of benzene rings is 1. The lowest BCUT2D eigenvalue weighted by Crippen LogP contribution is -2.73. The van der Waals surface area contributed by atoms with Crippen molar-refractivity contribution in [2.75, 3.05) is 14.1 Å². The molecule has 2 aliphatic heterocycles. The van der Waals surface area contributed by atoms with Crippen molar-refractivity contribution in [1.29, 1.82) is 0 Å². The molecule has 1 aromatic carbocycles. The first-order valence-corrected chi connectivity index (χ1v) is 13.3. The van der Waals surface area contributed by atoms with Crippen LogP contribution in [0.2, 0.25) is 0 Å². The van der Waals surface area contributed by atoms with Crippen molar-refractivity contribution in [3.05, 3.63) is 59.9 Å². The van der Waals surface area contributed by atoms with Crippen LogP contribution in [0.1, 0.15) is 51.0 Å². The summed E-state index contributed by atoms with van der Waals surface area (Å²) in [6.07, 6.45) is 9.30. The summed E-state index contributed by atoms with van der Waals surface area (Å²) in [4.78, 5) is 6.21. The fraction of sp³-hybridized carbons (Fsp3) is 0.567. The van der Waals surface area contributed by atoms with E-state index in [4.69, 9.17) is 4.74 Å². The standard InChI is InChI=1S/C30H35FN2O3/c1-27-10-8-21-15-30(31)26(35)25(34)23(33(2)3)16-28(30)11-12-29(21,36-28)24(27)7-6-22(27)19-5-4-18-9-13-32-17-20(18)14-19/h4-6,8-9,13-14,17,23-26,34-35H,7,10-12,15-16H2,1-3H3/t23-,24?,25+,26-,27+,28+,29+,30?/m0/s1. The maximum Gasteiger partial charge on any atom is 0.171 e. The van der Waals surface area contributed by atoms with Gasteiger partial charge in [-0.05, 0) is 80.4 Å². The molecule has 5 aliphatic rings. The Balaban J connectivity index is 1.29. The van der Waals surface area contributed by atoms with Crippen LogP contribution < -0.4 is 0 Å². The zero-order valence-electron chi connectivity index (χ0n) is 21.2. The normalized spacial score (nSPS) is 45.2. The van der Waals surface area contributed by atoms with Crippen LogP contribution in [0.25, 0.3) is 16.3 Å². The molecule has 8 atom stereocenters. The van der Waals surface area contributed by atoms with Gasteiger partial charge in [0.1, 0.15) is 11.7 Å². The molecule has 1 saturated carbocycles. The predicted octanol–water partition coefficient (Wildman–Crippen LogP) is 4.43. The third-order valence-electron chi connectivity index (χ3n) is 10.6. The first-order valence-electron chi connectivity index (χ1n) is 13.3. The van der Waals surface area contributed by atoms with Crippen LogP contribution in [-0.4, -0.2) is 69.3 Å². The van der Waals surface area contributed by atoms with Crippen LogP contribution in [0.15, 0.2) is 54.4 Å². The summed E-state index contributed by atoms with van der Waals surface area (Å²) in [5, 5.41) is 24.2. The topological polar surface area (TPSA) is 65.8 Å². The van der Waals surface area contributed by atoms with E-state index in [9.17, 15) is 10.2 Å². The molecule has 36 heavy (non-hydrogen) atoms. The number of aliphatic hydroxyl groups is 2. The number of nitrogens with zero attached hydrogens (tertiary/aromatic N) is 2. The monoisotopic (exact) mass is 490 g/mol. The minimum absolute atomic E-state index is 0.116. The fourth-order valence-electron chi connectivity index (χ4n) is 8.68. The Morgan fingerprint density at radius 3 is 2.75 bits per heavy atom. The van der Waals surface area contributed by atoms with Crippen LogP contribution in [0.3, 0.4) is 0 Å². The number of fused-ring (bicyclic) bond motifs is 2. The highest BCUT2D eigenvalue weighted by Crippen LogP contribution is 2.70. The van der Waals surface area contributed by atoms with E-state index in [1.165, 1.54) is 16.5 Å². The summed E-state index contributed by atoms with van der Waals surface area (Å²) < 4.78 is 23.9. The summed E-state index contributed by atoms with van der Waals surface area (Å²) in [6.45, 7) is 2.35. The van der Waals surface area contributed by atoms with E-state index in [1.807, 2.05) is 37.5 Å². The molecule has 5 nitrogen and oxygen atoms in total. The number of halogens is 1. The molecule has 3 aliphatic carbocycles. The summed E-state index contributed by atoms with van der Waals surface area (Å²) in [5.41, 5.74) is -0.123. The minimum Gasteiger partial charge on any atom is -0.389 e. The van der Waals surface area contributed by atoms with Crippen LogP contribution in [0.4, 0.5) is 4.39 Å². The molecule has 3 heterocycles. The van der Waals surface area contributed by atoms with Gasteiger partial charge in [-0.15, -0.1) is 0 Å². The Morgan fingerprint density at radius 1 is 1.11 bits per heavy atom. The molecule has 3 fully saturated rings. The molecular formula is C30H35FN2O3. The molecule has 7 rings (SSSR count). The lowest BCUT2D eigenvalue weighted by molar-refractivity contribution is -0.282. The van der Waals surface area contributed by atoms with Crippen molar-refractivity contribution in [1.82, 2.24) is 9.88 Å². The van der Waals surface area contributed by atoms with E-state index in [0.29, 0.717) is 12.8 Å². The number of aromatic nitrogens is 1. The van der Waals surface area contributed by atoms with Gasteiger partial charge in [-0.3, -0.25) is 4.98 Å². The van der Waals surface area contributed by atoms with Gasteiger partial charge in [0, 0.05) is 41.6 Å². The van der Waals surface area contributed by atoms with Crippen molar-refractivity contribution in [2.45, 2.75) is 80.6 Å². The van der Waals surface area contributed by atoms with Gasteiger partial charge in [-0.25, -0.2) is 4.39 Å². The highest BCUT2D eigenvalue weighted by atomic mass is 19.1. The van der Waals surface area contributed by atoms with E-state index in [-0.39, 0.29) is 23.8 Å². The van der Waals surface area contributed by atoms with Gasteiger partial charge in [0.25, 0.3) is 0 Å². The zero-order valence-corrected chi connectivity index (χ0v) is 21.2. The van der Waals surface area contributed by atoms with E-state index in [2.05, 4.69) is 42.3 Å². The van der Waals surface area contributed by atoms with Crippen LogP contribution in [-0.2, 0) is 4.74 Å². The lowest BCUT2D eigenvalue weighted by Gasteiger charge is -2.61. The number of allylic oxidation sites excluding steroid dienone is 3. The van der Waals surface area contributed by atoms with E-state index in [0.717, 1.165) is 30.2 Å². The third-order valence-corrected chi connectivity index (χ3v) is 10.6. The third kappa shape index (κ3) is 2.66. The first kappa shape index (κ1) is 23.0. The van der Waals surface area contributed by atoms with Crippen molar-refractivity contribution in [3.8, 4) is 0 Å². The number of pyridine rings is 1. The number of likely N-dealkylation sites (N-methyl/N-ethyl adjacent to an activating group) is 1. The van der Waals surface area contributed by atoms with Crippen LogP contribution in [0.5, 0.6) is 0 Å². The molecule has 6 heteroatoms. The second-order valence-electron chi connectivity index (χ2n) is 12.4. The van der Waals surface area contributed by atoms with Gasteiger partial charge in [0.05, 0.1) is 11.7 Å². The highest BCUT2D eigenvalue weighted by Gasteiger charge is 2.76. The Hall–Kier alpha value is -2.12. The number of alkyl halides is 1. The molecule has 1 aromatic heterocycles. The number of aliphatic hydroxyl groups excluding tert-OH is 2. The average Bonchev–Trinajstić information content (AvgIpc) is 3.40. The number of ether oxygens (including phenoxy) is 1. The summed E-state index contributed by atoms with van der Waals surface area (Å²) in [6, 6.07) is 8.31. The number of hydrogen-bond acceptors (Lipinski definition) is 5. The van der Waals surface area contributed by atoms with Gasteiger partial charge >= 0.3 is 0 Å². The predicted molar refractivity (Wildman–Crippen MR) is 137 cm³/mol. The van der Waals surface area contributed by atoms with Gasteiger partial charge < -0.3 is 19.8 Å². The molecule has 2 bridgehead atoms. The summed E-state index contributed by atoms with van der Waals surface area (Å²) >= 11 is 0. The molecule has 2 N–H and O–H groups in total. The molecule has 2 unspecified atom stereocenters. The molecule has 0 radical (unpaired) electrons.